The molecule has 0 fully saturated rings. The number of fused-ring (bicyclic) bond motifs is 1. The number of hydrogen-bond donors (Lipinski definition) is 0. The lowest BCUT2D eigenvalue weighted by molar-refractivity contribution is 0.292. The molecule has 0 N–H and O–H groups in total. The van der Waals surface area contributed by atoms with Crippen LogP contribution in [0.3, 0.4) is 0 Å². The zero-order valence-corrected chi connectivity index (χ0v) is 17.8. The summed E-state index contributed by atoms with van der Waals surface area (Å²) in [5, 5.41) is 0.635. The maximum atomic E-state index is 14.2. The third-order valence-electron chi connectivity index (χ3n) is 5.10. The van der Waals surface area contributed by atoms with E-state index in [2.05, 4.69) is 0 Å². The van der Waals surface area contributed by atoms with Crippen LogP contribution in [0.5, 0.6) is 11.5 Å². The normalized spacial score (nSPS) is 11.0. The van der Waals surface area contributed by atoms with Crippen molar-refractivity contribution in [2.45, 2.75) is 20.0 Å². The van der Waals surface area contributed by atoms with Crippen molar-refractivity contribution in [3.63, 3.8) is 0 Å². The van der Waals surface area contributed by atoms with Gasteiger partial charge in [-0.2, -0.15) is 0 Å². The average molecular weight is 439 g/mol. The highest BCUT2D eigenvalue weighted by Crippen LogP contribution is 2.33. The van der Waals surface area contributed by atoms with Crippen LogP contribution < -0.4 is 14.9 Å². The number of halogens is 2. The van der Waals surface area contributed by atoms with Crippen molar-refractivity contribution < 1.29 is 18.3 Å². The van der Waals surface area contributed by atoms with Crippen LogP contribution >= 0.6 is 11.6 Å². The Balaban J connectivity index is 1.86. The van der Waals surface area contributed by atoms with E-state index in [-0.39, 0.29) is 34.1 Å². The van der Waals surface area contributed by atoms with E-state index >= 15 is 0 Å². The number of hydrogen-bond acceptors (Lipinski definition) is 4. The van der Waals surface area contributed by atoms with Crippen LogP contribution in [-0.4, -0.2) is 7.11 Å². The van der Waals surface area contributed by atoms with Gasteiger partial charge in [0.1, 0.15) is 23.8 Å². The Kier molecular flexibility index (Phi) is 5.96. The topological polar surface area (TPSA) is 48.7 Å². The first-order valence-electron chi connectivity index (χ1n) is 9.81. The van der Waals surface area contributed by atoms with Gasteiger partial charge >= 0.3 is 0 Å². The minimum Gasteiger partial charge on any atom is -0.497 e. The van der Waals surface area contributed by atoms with E-state index in [4.69, 9.17) is 25.5 Å². The summed E-state index contributed by atoms with van der Waals surface area (Å²) >= 11 is 6.12. The number of ether oxygens (including phenoxy) is 2. The molecule has 1 aromatic heterocycles. The lowest BCUT2D eigenvalue weighted by Crippen LogP contribution is -2.11. The van der Waals surface area contributed by atoms with Crippen molar-refractivity contribution >= 4 is 22.6 Å². The van der Waals surface area contributed by atoms with Gasteiger partial charge in [0, 0.05) is 11.1 Å². The summed E-state index contributed by atoms with van der Waals surface area (Å²) in [7, 11) is 1.57. The molecule has 0 saturated heterocycles. The lowest BCUT2D eigenvalue weighted by Gasteiger charge is -2.13. The SMILES string of the molecule is CCc1ccc2oc(-c3ccc(OC)cc3)c(OCc3c(F)cccc3Cl)c(=O)c2c1. The van der Waals surface area contributed by atoms with E-state index in [0.717, 1.165) is 12.0 Å². The van der Waals surface area contributed by atoms with Gasteiger partial charge in [-0.3, -0.25) is 4.79 Å². The quantitative estimate of drug-likeness (QED) is 0.349. The third kappa shape index (κ3) is 4.14. The molecule has 0 atom stereocenters. The van der Waals surface area contributed by atoms with Crippen LogP contribution in [0.1, 0.15) is 18.1 Å². The summed E-state index contributed by atoms with van der Waals surface area (Å²) in [6.07, 6.45) is 0.774. The molecule has 6 heteroatoms. The Morgan fingerprint density at radius 3 is 2.52 bits per heavy atom. The van der Waals surface area contributed by atoms with Crippen LogP contribution in [0.25, 0.3) is 22.3 Å². The minimum absolute atomic E-state index is 0.00485. The smallest absolute Gasteiger partial charge is 0.235 e. The molecule has 0 aliphatic rings. The molecule has 3 aromatic carbocycles. The Labute approximate surface area is 183 Å². The van der Waals surface area contributed by atoms with E-state index in [9.17, 15) is 9.18 Å². The highest BCUT2D eigenvalue weighted by atomic mass is 35.5. The molecule has 0 amide bonds. The van der Waals surface area contributed by atoms with Gasteiger partial charge in [0.2, 0.25) is 11.2 Å². The highest BCUT2D eigenvalue weighted by Gasteiger charge is 2.19. The fourth-order valence-electron chi connectivity index (χ4n) is 3.32. The fraction of sp³-hybridized carbons (Fsp3) is 0.160. The summed E-state index contributed by atoms with van der Waals surface area (Å²) in [4.78, 5) is 13.4. The highest BCUT2D eigenvalue weighted by molar-refractivity contribution is 6.31. The number of methoxy groups -OCH3 is 1. The van der Waals surface area contributed by atoms with E-state index in [1.807, 2.05) is 13.0 Å². The molecule has 0 unspecified atom stereocenters. The van der Waals surface area contributed by atoms with Gasteiger partial charge in [-0.15, -0.1) is 0 Å². The molecule has 0 aliphatic heterocycles. The zero-order chi connectivity index (χ0) is 22.0. The first kappa shape index (κ1) is 20.9. The Bertz CT molecular complexity index is 1280. The van der Waals surface area contributed by atoms with Crippen LogP contribution in [0, 0.1) is 5.82 Å². The van der Waals surface area contributed by atoms with E-state index in [1.54, 1.807) is 49.6 Å². The van der Waals surface area contributed by atoms with Crippen molar-refractivity contribution in [1.29, 1.82) is 0 Å². The Morgan fingerprint density at radius 1 is 1.06 bits per heavy atom. The molecule has 31 heavy (non-hydrogen) atoms. The van der Waals surface area contributed by atoms with Crippen LogP contribution in [0.15, 0.2) is 69.9 Å². The van der Waals surface area contributed by atoms with Crippen molar-refractivity contribution in [3.8, 4) is 22.8 Å². The van der Waals surface area contributed by atoms with Gasteiger partial charge in [0.05, 0.1) is 17.5 Å². The standard InChI is InChI=1S/C25H20ClFO4/c1-3-15-7-12-22-18(13-15)23(28)25(30-14-19-20(26)5-4-6-21(19)27)24(31-22)16-8-10-17(29-2)11-9-16/h4-13H,3,14H2,1-2H3. The van der Waals surface area contributed by atoms with Gasteiger partial charge < -0.3 is 13.9 Å². The molecule has 4 nitrogen and oxygen atoms in total. The van der Waals surface area contributed by atoms with E-state index < -0.39 is 5.82 Å². The predicted molar refractivity (Wildman–Crippen MR) is 120 cm³/mol. The van der Waals surface area contributed by atoms with E-state index in [0.29, 0.717) is 22.3 Å². The van der Waals surface area contributed by atoms with Crippen LogP contribution in [0.2, 0.25) is 5.02 Å². The summed E-state index contributed by atoms with van der Waals surface area (Å²) in [6, 6.07) is 16.9. The summed E-state index contributed by atoms with van der Waals surface area (Å²) in [5.41, 5.74) is 1.93. The predicted octanol–water partition coefficient (Wildman–Crippen LogP) is 6.40. The molecule has 158 valence electrons. The summed E-state index contributed by atoms with van der Waals surface area (Å²) in [5.74, 6) is 0.430. The largest absolute Gasteiger partial charge is 0.497 e. The van der Waals surface area contributed by atoms with Crippen LogP contribution in [0.4, 0.5) is 4.39 Å². The molecular weight excluding hydrogens is 419 g/mol. The maximum absolute atomic E-state index is 14.2. The number of aryl methyl sites for hydroxylation is 1. The molecule has 0 saturated carbocycles. The molecule has 0 aliphatic carbocycles. The summed E-state index contributed by atoms with van der Waals surface area (Å²) < 4.78 is 31.4. The maximum Gasteiger partial charge on any atom is 0.235 e. The number of rotatable bonds is 6. The number of benzene rings is 3. The third-order valence-corrected chi connectivity index (χ3v) is 5.45. The molecular formula is C25H20ClFO4. The van der Waals surface area contributed by atoms with Gasteiger partial charge in [0.15, 0.2) is 5.76 Å². The zero-order valence-electron chi connectivity index (χ0n) is 17.1. The molecule has 0 bridgehead atoms. The summed E-state index contributed by atoms with van der Waals surface area (Å²) in [6.45, 7) is 1.80. The van der Waals surface area contributed by atoms with Crippen LogP contribution in [-0.2, 0) is 13.0 Å². The molecule has 0 spiro atoms. The van der Waals surface area contributed by atoms with Gasteiger partial charge in [-0.25, -0.2) is 4.39 Å². The second kappa shape index (κ2) is 8.82. The van der Waals surface area contributed by atoms with Gasteiger partial charge in [-0.1, -0.05) is 30.7 Å². The molecule has 0 radical (unpaired) electrons. The molecule has 4 rings (SSSR count). The first-order valence-corrected chi connectivity index (χ1v) is 10.2. The van der Waals surface area contributed by atoms with Gasteiger partial charge in [0.25, 0.3) is 0 Å². The van der Waals surface area contributed by atoms with Gasteiger partial charge in [-0.05, 0) is 60.5 Å². The molecule has 1 heterocycles. The van der Waals surface area contributed by atoms with Crippen molar-refractivity contribution in [2.24, 2.45) is 0 Å². The van der Waals surface area contributed by atoms with Crippen molar-refractivity contribution in [2.75, 3.05) is 7.11 Å². The van der Waals surface area contributed by atoms with Crippen molar-refractivity contribution in [1.82, 2.24) is 0 Å². The average Bonchev–Trinajstić information content (AvgIpc) is 2.79. The van der Waals surface area contributed by atoms with Crippen molar-refractivity contribution in [3.05, 3.63) is 92.9 Å². The fourth-order valence-corrected chi connectivity index (χ4v) is 3.54. The second-order valence-electron chi connectivity index (χ2n) is 6.99. The lowest BCUT2D eigenvalue weighted by atomic mass is 10.1. The monoisotopic (exact) mass is 438 g/mol. The van der Waals surface area contributed by atoms with E-state index in [1.165, 1.54) is 12.1 Å². The Morgan fingerprint density at radius 2 is 1.84 bits per heavy atom. The second-order valence-corrected chi connectivity index (χ2v) is 7.40. The minimum atomic E-state index is -0.503. The first-order chi connectivity index (χ1) is 15.0. The molecule has 4 aromatic rings. The Hall–Kier alpha value is -3.31.